The van der Waals surface area contributed by atoms with Crippen molar-refractivity contribution in [2.45, 2.75) is 26.2 Å². The molecular weight excluding hydrogens is 236 g/mol. The maximum Gasteiger partial charge on any atom is 0.336 e. The highest BCUT2D eigenvalue weighted by Crippen LogP contribution is 2.35. The maximum absolute atomic E-state index is 11.5. The number of benzene rings is 2. The van der Waals surface area contributed by atoms with E-state index in [4.69, 9.17) is 0 Å². The third kappa shape index (κ3) is 2.68. The van der Waals surface area contributed by atoms with Crippen molar-refractivity contribution in [2.75, 3.05) is 0 Å². The van der Waals surface area contributed by atoms with Crippen LogP contribution in [-0.4, -0.2) is 11.1 Å². The zero-order chi connectivity index (χ0) is 14.0. The number of hydrogen-bond acceptors (Lipinski definition) is 1. The molecule has 2 rings (SSSR count). The van der Waals surface area contributed by atoms with E-state index in [0.29, 0.717) is 5.56 Å². The molecule has 0 heterocycles. The average molecular weight is 254 g/mol. The first-order valence-corrected chi connectivity index (χ1v) is 6.33. The van der Waals surface area contributed by atoms with E-state index < -0.39 is 5.97 Å². The van der Waals surface area contributed by atoms with Gasteiger partial charge in [-0.25, -0.2) is 4.79 Å². The van der Waals surface area contributed by atoms with Crippen LogP contribution in [0.1, 0.15) is 36.7 Å². The fourth-order valence-corrected chi connectivity index (χ4v) is 2.40. The predicted octanol–water partition coefficient (Wildman–Crippen LogP) is 4.35. The molecule has 2 heteroatoms. The van der Waals surface area contributed by atoms with Crippen LogP contribution >= 0.6 is 0 Å². The molecule has 2 aromatic carbocycles. The maximum atomic E-state index is 11.5. The minimum Gasteiger partial charge on any atom is -0.478 e. The van der Waals surface area contributed by atoms with E-state index in [1.165, 1.54) is 0 Å². The normalized spacial score (nSPS) is 11.3. The second-order valence-electron chi connectivity index (χ2n) is 5.65. The predicted molar refractivity (Wildman–Crippen MR) is 77.5 cm³/mol. The number of carboxylic acids is 1. The Morgan fingerprint density at radius 2 is 1.58 bits per heavy atom. The molecule has 0 aliphatic heterocycles. The Hall–Kier alpha value is -2.09. The molecule has 0 unspecified atom stereocenters. The van der Waals surface area contributed by atoms with Crippen LogP contribution < -0.4 is 0 Å². The summed E-state index contributed by atoms with van der Waals surface area (Å²) in [6, 6.07) is 15.4. The fraction of sp³-hybridized carbons (Fsp3) is 0.235. The highest BCUT2D eigenvalue weighted by atomic mass is 16.4. The topological polar surface area (TPSA) is 37.3 Å². The van der Waals surface area contributed by atoms with Crippen molar-refractivity contribution in [3.63, 3.8) is 0 Å². The van der Waals surface area contributed by atoms with E-state index in [2.05, 4.69) is 0 Å². The smallest absolute Gasteiger partial charge is 0.336 e. The minimum atomic E-state index is -0.872. The molecule has 0 bridgehead atoms. The number of rotatable bonds is 2. The summed E-state index contributed by atoms with van der Waals surface area (Å²) < 4.78 is 0. The average Bonchev–Trinajstić information content (AvgIpc) is 2.38. The van der Waals surface area contributed by atoms with Crippen LogP contribution in [0, 0.1) is 0 Å². The van der Waals surface area contributed by atoms with Crippen molar-refractivity contribution in [1.82, 2.24) is 0 Å². The lowest BCUT2D eigenvalue weighted by molar-refractivity contribution is 0.0694. The molecule has 19 heavy (non-hydrogen) atoms. The molecule has 0 saturated carbocycles. The summed E-state index contributed by atoms with van der Waals surface area (Å²) in [7, 11) is 0. The molecule has 1 N–H and O–H groups in total. The molecule has 0 aliphatic carbocycles. The van der Waals surface area contributed by atoms with Gasteiger partial charge >= 0.3 is 5.97 Å². The summed E-state index contributed by atoms with van der Waals surface area (Å²) >= 11 is 0. The van der Waals surface area contributed by atoms with E-state index in [1.807, 2.05) is 57.2 Å². The summed E-state index contributed by atoms with van der Waals surface area (Å²) in [6.07, 6.45) is 0. The van der Waals surface area contributed by atoms with Gasteiger partial charge in [0.15, 0.2) is 0 Å². The lowest BCUT2D eigenvalue weighted by atomic mass is 9.79. The first-order chi connectivity index (χ1) is 8.91. The molecule has 0 radical (unpaired) electrons. The Bertz CT molecular complexity index is 592. The van der Waals surface area contributed by atoms with Crippen LogP contribution in [0.3, 0.4) is 0 Å². The molecule has 0 aromatic heterocycles. The second kappa shape index (κ2) is 4.88. The molecular formula is C17H18O2. The van der Waals surface area contributed by atoms with Gasteiger partial charge in [-0.1, -0.05) is 63.2 Å². The summed E-state index contributed by atoms with van der Waals surface area (Å²) in [5.74, 6) is -0.872. The molecule has 0 aliphatic rings. The molecule has 0 saturated heterocycles. The third-order valence-electron chi connectivity index (χ3n) is 3.13. The highest BCUT2D eigenvalue weighted by molar-refractivity contribution is 5.92. The standard InChI is InChI=1S/C17H18O2/c1-17(2,3)15-13(12-8-5-4-6-9-12)10-7-11-14(15)16(18)19/h4-11H,1-3H3,(H,18,19). The lowest BCUT2D eigenvalue weighted by Crippen LogP contribution is -2.18. The van der Waals surface area contributed by atoms with Gasteiger partial charge in [0.2, 0.25) is 0 Å². The number of aromatic carboxylic acids is 1. The molecule has 2 nitrogen and oxygen atoms in total. The monoisotopic (exact) mass is 254 g/mol. The summed E-state index contributed by atoms with van der Waals surface area (Å²) in [4.78, 5) is 11.5. The number of carbonyl (C=O) groups is 1. The van der Waals surface area contributed by atoms with Crippen molar-refractivity contribution < 1.29 is 9.90 Å². The third-order valence-corrected chi connectivity index (χ3v) is 3.13. The van der Waals surface area contributed by atoms with E-state index in [-0.39, 0.29) is 5.41 Å². The van der Waals surface area contributed by atoms with Gasteiger partial charge < -0.3 is 5.11 Å². The van der Waals surface area contributed by atoms with Crippen LogP contribution in [-0.2, 0) is 5.41 Å². The number of hydrogen-bond donors (Lipinski definition) is 1. The molecule has 0 atom stereocenters. The zero-order valence-corrected chi connectivity index (χ0v) is 11.5. The fourth-order valence-electron chi connectivity index (χ4n) is 2.40. The van der Waals surface area contributed by atoms with Crippen molar-refractivity contribution in [3.8, 4) is 11.1 Å². The van der Waals surface area contributed by atoms with Crippen LogP contribution in [0.2, 0.25) is 0 Å². The molecule has 0 spiro atoms. The van der Waals surface area contributed by atoms with Crippen LogP contribution in [0.5, 0.6) is 0 Å². The van der Waals surface area contributed by atoms with Crippen LogP contribution in [0.25, 0.3) is 11.1 Å². The van der Waals surface area contributed by atoms with E-state index in [1.54, 1.807) is 12.1 Å². The van der Waals surface area contributed by atoms with Gasteiger partial charge in [0.25, 0.3) is 0 Å². The van der Waals surface area contributed by atoms with Gasteiger partial charge in [-0.05, 0) is 28.2 Å². The van der Waals surface area contributed by atoms with Gasteiger partial charge in [-0.2, -0.15) is 0 Å². The van der Waals surface area contributed by atoms with Gasteiger partial charge in [0.05, 0.1) is 5.56 Å². The van der Waals surface area contributed by atoms with Crippen molar-refractivity contribution in [1.29, 1.82) is 0 Å². The van der Waals surface area contributed by atoms with Crippen molar-refractivity contribution >= 4 is 5.97 Å². The minimum absolute atomic E-state index is 0.222. The first kappa shape index (κ1) is 13.3. The molecule has 98 valence electrons. The first-order valence-electron chi connectivity index (χ1n) is 6.33. The van der Waals surface area contributed by atoms with E-state index in [9.17, 15) is 9.90 Å². The van der Waals surface area contributed by atoms with Crippen molar-refractivity contribution in [2.24, 2.45) is 0 Å². The van der Waals surface area contributed by atoms with E-state index >= 15 is 0 Å². The Kier molecular flexibility index (Phi) is 3.43. The Morgan fingerprint density at radius 3 is 2.11 bits per heavy atom. The molecule has 0 amide bonds. The summed E-state index contributed by atoms with van der Waals surface area (Å²) in [6.45, 7) is 6.13. The van der Waals surface area contributed by atoms with Crippen LogP contribution in [0.4, 0.5) is 0 Å². The lowest BCUT2D eigenvalue weighted by Gasteiger charge is -2.25. The Labute approximate surface area is 113 Å². The Balaban J connectivity index is 2.75. The van der Waals surface area contributed by atoms with E-state index in [0.717, 1.165) is 16.7 Å². The molecule has 2 aromatic rings. The van der Waals surface area contributed by atoms with Gasteiger partial charge in [-0.15, -0.1) is 0 Å². The van der Waals surface area contributed by atoms with Gasteiger partial charge in [-0.3, -0.25) is 0 Å². The highest BCUT2D eigenvalue weighted by Gasteiger charge is 2.25. The summed E-state index contributed by atoms with van der Waals surface area (Å²) in [5.41, 5.74) is 3.09. The van der Waals surface area contributed by atoms with Gasteiger partial charge in [0.1, 0.15) is 0 Å². The quantitative estimate of drug-likeness (QED) is 0.865. The Morgan fingerprint density at radius 1 is 0.947 bits per heavy atom. The van der Waals surface area contributed by atoms with Crippen LogP contribution in [0.15, 0.2) is 48.5 Å². The second-order valence-corrected chi connectivity index (χ2v) is 5.65. The van der Waals surface area contributed by atoms with Crippen molar-refractivity contribution in [3.05, 3.63) is 59.7 Å². The summed E-state index contributed by atoms with van der Waals surface area (Å²) in [5, 5.41) is 9.40. The number of carboxylic acid groups (broad SMARTS) is 1. The largest absolute Gasteiger partial charge is 0.478 e. The molecule has 0 fully saturated rings. The zero-order valence-electron chi connectivity index (χ0n) is 11.5. The van der Waals surface area contributed by atoms with Gasteiger partial charge in [0, 0.05) is 0 Å². The SMILES string of the molecule is CC(C)(C)c1c(C(=O)O)cccc1-c1ccccc1.